The van der Waals surface area contributed by atoms with Crippen LogP contribution in [0.2, 0.25) is 0 Å². The van der Waals surface area contributed by atoms with Crippen molar-refractivity contribution in [3.8, 4) is 5.75 Å². The number of benzene rings is 5. The van der Waals surface area contributed by atoms with E-state index in [0.717, 1.165) is 35.6 Å². The van der Waals surface area contributed by atoms with Crippen LogP contribution >= 0.6 is 0 Å². The molecule has 2 aliphatic carbocycles. The van der Waals surface area contributed by atoms with E-state index >= 15 is 0 Å². The van der Waals surface area contributed by atoms with Crippen molar-refractivity contribution in [2.24, 2.45) is 5.92 Å². The average molecular weight is 554 g/mol. The predicted molar refractivity (Wildman–Crippen MR) is 172 cm³/mol. The summed E-state index contributed by atoms with van der Waals surface area (Å²) in [4.78, 5) is 2.70. The lowest BCUT2D eigenvalue weighted by atomic mass is 9.73. The van der Waals surface area contributed by atoms with Gasteiger partial charge in [-0.1, -0.05) is 91.0 Å². The highest BCUT2D eigenvalue weighted by Gasteiger charge is 2.36. The number of likely N-dealkylation sites (tertiary alicyclic amines) is 1. The van der Waals surface area contributed by atoms with Gasteiger partial charge in [-0.3, -0.25) is 4.90 Å². The second-order valence-corrected chi connectivity index (χ2v) is 11.8. The fourth-order valence-electron chi connectivity index (χ4n) is 7.32. The van der Waals surface area contributed by atoms with Gasteiger partial charge in [0.15, 0.2) is 0 Å². The molecule has 0 spiro atoms. The first-order chi connectivity index (χ1) is 20.6. The van der Waals surface area contributed by atoms with Gasteiger partial charge < -0.3 is 5.11 Å². The minimum atomic E-state index is -0.131. The van der Waals surface area contributed by atoms with Crippen LogP contribution in [0.15, 0.2) is 121 Å². The normalized spacial score (nSPS) is 19.8. The van der Waals surface area contributed by atoms with Crippen LogP contribution in [0.1, 0.15) is 36.0 Å². The second kappa shape index (κ2) is 11.6. The molecule has 210 valence electrons. The fourth-order valence-corrected chi connectivity index (χ4v) is 7.32. The van der Waals surface area contributed by atoms with Crippen molar-refractivity contribution >= 4 is 27.1 Å². The van der Waals surface area contributed by atoms with Crippen molar-refractivity contribution in [1.29, 1.82) is 0 Å². The standard InChI is InChI=1S/C29H28FN.C10H8O/c30-23-8-5-6-20(19-23)18-22-11-13-27-26-12-10-21-7-1-2-9-24(21)25(26)14-15-28(27)29(22)31-16-3-4-17-31;11-10-6-5-8-3-1-2-4-9(8)7-10/h1-2,5-13,19,22,29H,3-4,14-18H2;1-7,11H. The zero-order chi connectivity index (χ0) is 28.5. The van der Waals surface area contributed by atoms with Gasteiger partial charge in [0.2, 0.25) is 0 Å². The van der Waals surface area contributed by atoms with Crippen LogP contribution in [0, 0.1) is 11.7 Å². The van der Waals surface area contributed by atoms with E-state index in [0.29, 0.717) is 17.7 Å². The molecule has 0 aromatic heterocycles. The molecule has 3 aliphatic rings. The average Bonchev–Trinajstić information content (AvgIpc) is 3.55. The van der Waals surface area contributed by atoms with Gasteiger partial charge in [-0.05, 0) is 119 Å². The van der Waals surface area contributed by atoms with E-state index in [1.807, 2.05) is 36.4 Å². The lowest BCUT2D eigenvalue weighted by Gasteiger charge is -2.41. The summed E-state index contributed by atoms with van der Waals surface area (Å²) < 4.78 is 13.8. The second-order valence-electron chi connectivity index (χ2n) is 11.8. The molecule has 5 aromatic rings. The molecule has 5 aromatic carbocycles. The largest absolute Gasteiger partial charge is 0.508 e. The molecule has 2 atom stereocenters. The third kappa shape index (κ3) is 5.26. The van der Waals surface area contributed by atoms with E-state index in [2.05, 4.69) is 59.5 Å². The van der Waals surface area contributed by atoms with Crippen molar-refractivity contribution in [2.45, 2.75) is 38.1 Å². The van der Waals surface area contributed by atoms with E-state index in [1.165, 1.54) is 53.4 Å². The number of aryl methyl sites for hydroxylation is 1. The van der Waals surface area contributed by atoms with E-state index in [-0.39, 0.29) is 5.82 Å². The van der Waals surface area contributed by atoms with E-state index in [4.69, 9.17) is 5.11 Å². The zero-order valence-corrected chi connectivity index (χ0v) is 23.8. The Kier molecular flexibility index (Phi) is 7.36. The molecule has 2 unspecified atom stereocenters. The lowest BCUT2D eigenvalue weighted by molar-refractivity contribution is 0.221. The first kappa shape index (κ1) is 26.7. The highest BCUT2D eigenvalue weighted by molar-refractivity contribution is 5.94. The molecule has 3 heteroatoms. The van der Waals surface area contributed by atoms with Crippen LogP contribution in [0.4, 0.5) is 4.39 Å². The minimum absolute atomic E-state index is 0.131. The molecule has 1 N–H and O–H groups in total. The molecule has 1 saturated heterocycles. The number of rotatable bonds is 3. The van der Waals surface area contributed by atoms with E-state index in [1.54, 1.807) is 29.8 Å². The van der Waals surface area contributed by atoms with Crippen LogP contribution in [0.5, 0.6) is 5.75 Å². The van der Waals surface area contributed by atoms with Crippen LogP contribution < -0.4 is 0 Å². The minimum Gasteiger partial charge on any atom is -0.508 e. The zero-order valence-electron chi connectivity index (χ0n) is 23.8. The Morgan fingerprint density at radius 2 is 1.50 bits per heavy atom. The summed E-state index contributed by atoms with van der Waals surface area (Å²) in [6, 6.07) is 34.3. The predicted octanol–water partition coefficient (Wildman–Crippen LogP) is 9.12. The van der Waals surface area contributed by atoms with E-state index in [9.17, 15) is 4.39 Å². The number of fused-ring (bicyclic) bond motifs is 5. The number of nitrogens with zero attached hydrogens (tertiary/aromatic N) is 1. The van der Waals surface area contributed by atoms with E-state index < -0.39 is 0 Å². The Morgan fingerprint density at radius 3 is 2.33 bits per heavy atom. The molecule has 0 saturated carbocycles. The highest BCUT2D eigenvalue weighted by atomic mass is 19.1. The number of halogens is 1. The van der Waals surface area contributed by atoms with Gasteiger partial charge in [0.1, 0.15) is 11.6 Å². The Labute approximate surface area is 247 Å². The number of aromatic hydroxyl groups is 1. The van der Waals surface area contributed by atoms with Crippen LogP contribution in [-0.4, -0.2) is 29.1 Å². The number of phenolic OH excluding ortho intramolecular Hbond substituents is 1. The Bertz CT molecular complexity index is 1810. The molecule has 42 heavy (non-hydrogen) atoms. The van der Waals surface area contributed by atoms with Crippen molar-refractivity contribution in [2.75, 3.05) is 13.1 Å². The van der Waals surface area contributed by atoms with Crippen molar-refractivity contribution < 1.29 is 9.50 Å². The molecular formula is C39H36FNO. The quantitative estimate of drug-likeness (QED) is 0.241. The molecule has 1 heterocycles. The molecular weight excluding hydrogens is 517 g/mol. The van der Waals surface area contributed by atoms with Gasteiger partial charge in [0.25, 0.3) is 0 Å². The first-order valence-electron chi connectivity index (χ1n) is 15.2. The van der Waals surface area contributed by atoms with Crippen molar-refractivity contribution in [1.82, 2.24) is 4.90 Å². The maximum absolute atomic E-state index is 13.8. The van der Waals surface area contributed by atoms with Crippen molar-refractivity contribution in [3.63, 3.8) is 0 Å². The Morgan fingerprint density at radius 1 is 0.738 bits per heavy atom. The topological polar surface area (TPSA) is 23.5 Å². The lowest BCUT2D eigenvalue weighted by Crippen LogP contribution is -2.42. The van der Waals surface area contributed by atoms with Gasteiger partial charge in [0.05, 0.1) is 0 Å². The number of allylic oxidation sites excluding steroid dienone is 2. The molecule has 0 radical (unpaired) electrons. The van der Waals surface area contributed by atoms with Crippen LogP contribution in [0.25, 0.3) is 27.1 Å². The smallest absolute Gasteiger partial charge is 0.123 e. The van der Waals surface area contributed by atoms with Crippen LogP contribution in [0.3, 0.4) is 0 Å². The Balaban J connectivity index is 0.000000220. The number of hydrogen-bond donors (Lipinski definition) is 1. The van der Waals surface area contributed by atoms with Crippen molar-refractivity contribution in [3.05, 3.63) is 143 Å². The summed E-state index contributed by atoms with van der Waals surface area (Å²) in [5.41, 5.74) is 7.08. The van der Waals surface area contributed by atoms with Gasteiger partial charge >= 0.3 is 0 Å². The SMILES string of the molecule is Fc1cccc(CC2C=CC3=C(CCc4c3ccc3ccccc43)C2N2CCCC2)c1.Oc1ccc2ccccc2c1. The Hall–Kier alpha value is -4.21. The van der Waals surface area contributed by atoms with Gasteiger partial charge in [-0.2, -0.15) is 0 Å². The third-order valence-corrected chi connectivity index (χ3v) is 9.22. The fraction of sp³-hybridized carbons (Fsp3) is 0.231. The summed E-state index contributed by atoms with van der Waals surface area (Å²) in [5, 5.41) is 14.1. The maximum Gasteiger partial charge on any atom is 0.123 e. The van der Waals surface area contributed by atoms with Crippen LogP contribution in [-0.2, 0) is 12.8 Å². The third-order valence-electron chi connectivity index (χ3n) is 9.22. The summed E-state index contributed by atoms with van der Waals surface area (Å²) in [5.74, 6) is 0.595. The summed E-state index contributed by atoms with van der Waals surface area (Å²) >= 11 is 0. The molecule has 0 amide bonds. The highest BCUT2D eigenvalue weighted by Crippen LogP contribution is 2.44. The molecule has 8 rings (SSSR count). The summed E-state index contributed by atoms with van der Waals surface area (Å²) in [7, 11) is 0. The first-order valence-corrected chi connectivity index (χ1v) is 15.2. The molecule has 0 bridgehead atoms. The summed E-state index contributed by atoms with van der Waals surface area (Å²) in [6.45, 7) is 2.36. The van der Waals surface area contributed by atoms with Gasteiger partial charge in [0, 0.05) is 12.0 Å². The molecule has 2 nitrogen and oxygen atoms in total. The maximum atomic E-state index is 13.8. The molecule has 1 aliphatic heterocycles. The monoisotopic (exact) mass is 553 g/mol. The molecule has 1 fully saturated rings. The van der Waals surface area contributed by atoms with Gasteiger partial charge in [-0.25, -0.2) is 4.39 Å². The summed E-state index contributed by atoms with van der Waals surface area (Å²) in [6.07, 6.45) is 10.5. The van der Waals surface area contributed by atoms with Gasteiger partial charge in [-0.15, -0.1) is 0 Å². The number of hydrogen-bond acceptors (Lipinski definition) is 2. The number of phenols is 1.